The minimum Gasteiger partial charge on any atom is -0.393 e. The summed E-state index contributed by atoms with van der Waals surface area (Å²) in [5.74, 6) is 1.18. The molecule has 0 heterocycles. The smallest absolute Gasteiger partial charge is 0.0264 e. The molecule has 0 saturated heterocycles. The van der Waals surface area contributed by atoms with Crippen molar-refractivity contribution >= 4 is 11.8 Å². The van der Waals surface area contributed by atoms with E-state index < -0.39 is 0 Å². The van der Waals surface area contributed by atoms with Crippen LogP contribution in [0.2, 0.25) is 0 Å². The summed E-state index contributed by atoms with van der Waals surface area (Å²) in [7, 11) is 1.99. The molecule has 1 nitrogen and oxygen atoms in total. The number of nitrogens with one attached hydrogen (secondary N) is 1. The zero-order chi connectivity index (χ0) is 13.6. The highest BCUT2D eigenvalue weighted by Crippen LogP contribution is 2.36. The summed E-state index contributed by atoms with van der Waals surface area (Å²) in [6, 6.07) is 0. The highest BCUT2D eigenvalue weighted by Gasteiger charge is 2.18. The van der Waals surface area contributed by atoms with Crippen LogP contribution < -0.4 is 5.32 Å². The Morgan fingerprint density at radius 2 is 2.22 bits per heavy atom. The van der Waals surface area contributed by atoms with Crippen LogP contribution in [0.15, 0.2) is 34.4 Å². The van der Waals surface area contributed by atoms with Gasteiger partial charge in [0.15, 0.2) is 0 Å². The van der Waals surface area contributed by atoms with Crippen LogP contribution in [0, 0.1) is 5.41 Å². The van der Waals surface area contributed by atoms with Gasteiger partial charge >= 0.3 is 0 Å². The molecule has 0 spiro atoms. The maximum atomic E-state index is 3.20. The standard InChI is InChI=1S/C16H27NS/c1-6-16(3,4)12-18-15(11-17-5)14-10-8-7-9-13(14)2/h7,9,11,17H,6,8,10,12H2,1-5H3/b15-11+. The van der Waals surface area contributed by atoms with Crippen molar-refractivity contribution in [1.82, 2.24) is 5.32 Å². The minimum atomic E-state index is 0.413. The molecular formula is C16H27NS. The molecule has 102 valence electrons. The van der Waals surface area contributed by atoms with E-state index in [1.165, 1.54) is 41.1 Å². The molecule has 1 aliphatic carbocycles. The first-order valence-electron chi connectivity index (χ1n) is 6.87. The fourth-order valence-electron chi connectivity index (χ4n) is 1.83. The predicted octanol–water partition coefficient (Wildman–Crippen LogP) is 4.88. The molecule has 2 heteroatoms. The molecule has 0 aliphatic heterocycles. The lowest BCUT2D eigenvalue weighted by Crippen LogP contribution is -2.13. The Morgan fingerprint density at radius 1 is 1.50 bits per heavy atom. The van der Waals surface area contributed by atoms with Gasteiger partial charge in [-0.25, -0.2) is 0 Å². The molecule has 0 aromatic carbocycles. The van der Waals surface area contributed by atoms with E-state index in [1.54, 1.807) is 0 Å². The largest absolute Gasteiger partial charge is 0.393 e. The van der Waals surface area contributed by atoms with Gasteiger partial charge in [0.2, 0.25) is 0 Å². The molecule has 0 saturated carbocycles. The molecule has 0 aromatic rings. The van der Waals surface area contributed by atoms with Crippen molar-refractivity contribution < 1.29 is 0 Å². The summed E-state index contributed by atoms with van der Waals surface area (Å²) < 4.78 is 0. The normalized spacial score (nSPS) is 17.3. The summed E-state index contributed by atoms with van der Waals surface area (Å²) in [6.07, 6.45) is 10.3. The molecule has 0 atom stereocenters. The number of hydrogen-bond acceptors (Lipinski definition) is 2. The van der Waals surface area contributed by atoms with Crippen molar-refractivity contribution in [3.8, 4) is 0 Å². The maximum Gasteiger partial charge on any atom is 0.0264 e. The van der Waals surface area contributed by atoms with Crippen LogP contribution in [0.4, 0.5) is 0 Å². The average Bonchev–Trinajstić information content (AvgIpc) is 2.35. The van der Waals surface area contributed by atoms with E-state index in [2.05, 4.69) is 51.4 Å². The van der Waals surface area contributed by atoms with Crippen molar-refractivity contribution in [3.63, 3.8) is 0 Å². The average molecular weight is 265 g/mol. The maximum absolute atomic E-state index is 3.20. The van der Waals surface area contributed by atoms with Crippen LogP contribution in [0.25, 0.3) is 0 Å². The van der Waals surface area contributed by atoms with E-state index in [4.69, 9.17) is 0 Å². The zero-order valence-corrected chi connectivity index (χ0v) is 13.3. The zero-order valence-electron chi connectivity index (χ0n) is 12.5. The molecule has 0 radical (unpaired) electrons. The Bertz CT molecular complexity index is 361. The van der Waals surface area contributed by atoms with Gasteiger partial charge in [0, 0.05) is 23.9 Å². The molecule has 0 amide bonds. The molecule has 0 aromatic heterocycles. The predicted molar refractivity (Wildman–Crippen MR) is 84.7 cm³/mol. The van der Waals surface area contributed by atoms with Gasteiger partial charge in [0.1, 0.15) is 0 Å². The fraction of sp³-hybridized carbons (Fsp3) is 0.625. The third-order valence-electron chi connectivity index (χ3n) is 3.55. The minimum absolute atomic E-state index is 0.413. The van der Waals surface area contributed by atoms with Crippen LogP contribution in [-0.2, 0) is 0 Å². The van der Waals surface area contributed by atoms with Crippen LogP contribution in [0.3, 0.4) is 0 Å². The van der Waals surface area contributed by atoms with Crippen molar-refractivity contribution in [1.29, 1.82) is 0 Å². The first-order chi connectivity index (χ1) is 8.50. The fourth-order valence-corrected chi connectivity index (χ4v) is 3.21. The van der Waals surface area contributed by atoms with E-state index in [-0.39, 0.29) is 0 Å². The first kappa shape index (κ1) is 15.4. The number of thioether (sulfide) groups is 1. The molecule has 1 N–H and O–H groups in total. The van der Waals surface area contributed by atoms with Gasteiger partial charge in [-0.3, -0.25) is 0 Å². The second-order valence-corrected chi connectivity index (χ2v) is 6.72. The van der Waals surface area contributed by atoms with E-state index in [1.807, 2.05) is 18.8 Å². The lowest BCUT2D eigenvalue weighted by Gasteiger charge is -2.24. The van der Waals surface area contributed by atoms with Crippen molar-refractivity contribution in [2.75, 3.05) is 12.8 Å². The van der Waals surface area contributed by atoms with Gasteiger partial charge in [-0.15, -0.1) is 11.8 Å². The van der Waals surface area contributed by atoms with Gasteiger partial charge in [0.05, 0.1) is 0 Å². The van der Waals surface area contributed by atoms with Crippen molar-refractivity contribution in [2.24, 2.45) is 5.41 Å². The number of allylic oxidation sites excluding steroid dienone is 4. The van der Waals surface area contributed by atoms with E-state index in [9.17, 15) is 0 Å². The Hall–Kier alpha value is -0.630. The monoisotopic (exact) mass is 265 g/mol. The van der Waals surface area contributed by atoms with Crippen LogP contribution in [0.1, 0.15) is 47.0 Å². The molecule has 1 rings (SSSR count). The second kappa shape index (κ2) is 7.08. The lowest BCUT2D eigenvalue weighted by molar-refractivity contribution is 0.408. The highest BCUT2D eigenvalue weighted by molar-refractivity contribution is 8.03. The molecule has 0 unspecified atom stereocenters. The van der Waals surface area contributed by atoms with Gasteiger partial charge in [-0.1, -0.05) is 39.3 Å². The summed E-state index contributed by atoms with van der Waals surface area (Å²) in [4.78, 5) is 1.42. The summed E-state index contributed by atoms with van der Waals surface area (Å²) in [6.45, 7) is 9.19. The Balaban J connectivity index is 2.79. The summed E-state index contributed by atoms with van der Waals surface area (Å²) in [5.41, 5.74) is 3.35. The summed E-state index contributed by atoms with van der Waals surface area (Å²) >= 11 is 1.99. The van der Waals surface area contributed by atoms with Gasteiger partial charge in [-0.2, -0.15) is 0 Å². The van der Waals surface area contributed by atoms with E-state index in [0.29, 0.717) is 5.41 Å². The Kier molecular flexibility index (Phi) is 6.07. The quantitative estimate of drug-likeness (QED) is 0.734. The Morgan fingerprint density at radius 3 is 2.78 bits per heavy atom. The van der Waals surface area contributed by atoms with E-state index >= 15 is 0 Å². The van der Waals surface area contributed by atoms with Crippen LogP contribution in [0.5, 0.6) is 0 Å². The van der Waals surface area contributed by atoms with Crippen molar-refractivity contribution in [3.05, 3.63) is 34.4 Å². The Labute approximate surface area is 117 Å². The lowest BCUT2D eigenvalue weighted by atomic mass is 9.93. The number of rotatable bonds is 6. The third kappa shape index (κ3) is 4.56. The SMILES string of the molecule is CCC(C)(C)CS/C(=C/NC)C1=C(C)C=CCC1. The first-order valence-corrected chi connectivity index (χ1v) is 7.85. The molecular weight excluding hydrogens is 238 g/mol. The topological polar surface area (TPSA) is 12.0 Å². The van der Waals surface area contributed by atoms with E-state index in [0.717, 1.165) is 0 Å². The van der Waals surface area contributed by atoms with Crippen molar-refractivity contribution in [2.45, 2.75) is 47.0 Å². The van der Waals surface area contributed by atoms with Gasteiger partial charge < -0.3 is 5.32 Å². The van der Waals surface area contributed by atoms with Crippen LogP contribution >= 0.6 is 11.8 Å². The molecule has 18 heavy (non-hydrogen) atoms. The highest BCUT2D eigenvalue weighted by atomic mass is 32.2. The number of hydrogen-bond donors (Lipinski definition) is 1. The van der Waals surface area contributed by atoms with Crippen LogP contribution in [-0.4, -0.2) is 12.8 Å². The third-order valence-corrected chi connectivity index (χ3v) is 5.15. The molecule has 0 bridgehead atoms. The summed E-state index contributed by atoms with van der Waals surface area (Å²) in [5, 5.41) is 3.20. The van der Waals surface area contributed by atoms with Gasteiger partial charge in [0.25, 0.3) is 0 Å². The van der Waals surface area contributed by atoms with Gasteiger partial charge in [-0.05, 0) is 36.3 Å². The molecule has 1 aliphatic rings. The second-order valence-electron chi connectivity index (χ2n) is 5.71. The molecule has 0 fully saturated rings.